The second-order valence-electron chi connectivity index (χ2n) is 7.41. The first kappa shape index (κ1) is 21.2. The van der Waals surface area contributed by atoms with E-state index in [0.717, 1.165) is 3.97 Å². The third-order valence-corrected chi connectivity index (χ3v) is 6.04. The summed E-state index contributed by atoms with van der Waals surface area (Å²) in [6.45, 7) is 2.69. The molecule has 1 aliphatic heterocycles. The molecule has 1 saturated heterocycles. The first-order valence-electron chi connectivity index (χ1n) is 8.88. The summed E-state index contributed by atoms with van der Waals surface area (Å²) < 4.78 is 63.1. The van der Waals surface area contributed by atoms with Crippen molar-refractivity contribution in [3.63, 3.8) is 0 Å². The molecule has 0 aromatic carbocycles. The number of carbonyl (C=O) groups excluding carboxylic acids is 1. The second kappa shape index (κ2) is 7.75. The van der Waals surface area contributed by atoms with Crippen molar-refractivity contribution in [3.05, 3.63) is 24.5 Å². The lowest BCUT2D eigenvalue weighted by molar-refractivity contribution is -0.0517. The van der Waals surface area contributed by atoms with E-state index in [2.05, 4.69) is 9.72 Å². The number of aromatic nitrogens is 2. The van der Waals surface area contributed by atoms with Crippen LogP contribution in [0.2, 0.25) is 0 Å². The van der Waals surface area contributed by atoms with Gasteiger partial charge in [-0.25, -0.2) is 13.8 Å². The van der Waals surface area contributed by atoms with E-state index < -0.39 is 28.5 Å². The smallest absolute Gasteiger partial charge is 0.410 e. The molecule has 1 aliphatic rings. The van der Waals surface area contributed by atoms with E-state index in [9.17, 15) is 22.0 Å². The largest absolute Gasteiger partial charge is 0.444 e. The number of piperazine rings is 1. The summed E-state index contributed by atoms with van der Waals surface area (Å²) >= 11 is 0. The minimum absolute atomic E-state index is 0.0761. The third kappa shape index (κ3) is 4.58. The maximum absolute atomic E-state index is 13.0. The van der Waals surface area contributed by atoms with Crippen molar-refractivity contribution in [2.75, 3.05) is 26.2 Å². The lowest BCUT2D eigenvalue weighted by Crippen LogP contribution is -2.52. The molecule has 0 saturated carbocycles. The van der Waals surface area contributed by atoms with Gasteiger partial charge in [-0.05, 0) is 32.9 Å². The molecule has 3 heterocycles. The first-order valence-corrected chi connectivity index (χ1v) is 10.3. The number of nitrogens with zero attached hydrogens (tertiary/aromatic N) is 4. The molecular weight excluding hydrogens is 410 g/mol. The van der Waals surface area contributed by atoms with E-state index in [1.165, 1.54) is 33.7 Å². The Hall–Kier alpha value is -2.47. The number of amides is 1. The van der Waals surface area contributed by atoms with E-state index in [-0.39, 0.29) is 43.0 Å². The Bertz CT molecular complexity index is 995. The second-order valence-corrected chi connectivity index (χ2v) is 9.22. The molecule has 0 atom stereocenters. The molecule has 2 aromatic rings. The van der Waals surface area contributed by atoms with Gasteiger partial charge in [0.05, 0.1) is 10.9 Å². The first-order chi connectivity index (χ1) is 13.5. The van der Waals surface area contributed by atoms with Gasteiger partial charge < -0.3 is 14.4 Å². The molecule has 0 aliphatic carbocycles. The average Bonchev–Trinajstić information content (AvgIpc) is 3.06. The topological polar surface area (TPSA) is 94.0 Å². The predicted octanol–water partition coefficient (Wildman–Crippen LogP) is 2.28. The summed E-state index contributed by atoms with van der Waals surface area (Å²) in [5, 5.41) is 0.156. The number of rotatable bonds is 4. The molecule has 9 nitrogen and oxygen atoms in total. The van der Waals surface area contributed by atoms with Crippen LogP contribution >= 0.6 is 0 Å². The number of alkyl halides is 2. The Kier molecular flexibility index (Phi) is 5.68. The molecule has 0 radical (unpaired) electrons. The molecule has 29 heavy (non-hydrogen) atoms. The highest BCUT2D eigenvalue weighted by Gasteiger charge is 2.32. The van der Waals surface area contributed by atoms with Crippen molar-refractivity contribution in [2.45, 2.75) is 33.0 Å². The molecule has 0 unspecified atom stereocenters. The predicted molar refractivity (Wildman–Crippen MR) is 100 cm³/mol. The molecule has 1 fully saturated rings. The zero-order chi connectivity index (χ0) is 21.4. The van der Waals surface area contributed by atoms with E-state index in [0.29, 0.717) is 0 Å². The van der Waals surface area contributed by atoms with Crippen molar-refractivity contribution in [1.29, 1.82) is 0 Å². The minimum Gasteiger partial charge on any atom is -0.444 e. The van der Waals surface area contributed by atoms with Crippen LogP contribution in [0, 0.1) is 0 Å². The number of halogens is 2. The zero-order valence-electron chi connectivity index (χ0n) is 16.2. The van der Waals surface area contributed by atoms with Crippen molar-refractivity contribution >= 4 is 27.2 Å². The number of ether oxygens (including phenoxy) is 2. The van der Waals surface area contributed by atoms with Crippen LogP contribution in [0.4, 0.5) is 13.6 Å². The highest BCUT2D eigenvalue weighted by atomic mass is 32.2. The van der Waals surface area contributed by atoms with Crippen LogP contribution < -0.4 is 4.74 Å². The standard InChI is InChI=1S/C17H22F2N4O5S/c1-17(2,3)28-16(24)21-8-10-22(11-9-21)29(25,26)23-7-5-12-13(23)4-6-20-14(12)27-15(18)19/h4-7,15H,8-11H2,1-3H3. The number of pyridine rings is 1. The van der Waals surface area contributed by atoms with Gasteiger partial charge in [0, 0.05) is 38.6 Å². The Labute approximate surface area is 167 Å². The molecule has 1 amide bonds. The number of fused-ring (bicyclic) bond motifs is 1. The van der Waals surface area contributed by atoms with E-state index >= 15 is 0 Å². The SMILES string of the molecule is CC(C)(C)OC(=O)N1CCN(S(=O)(=O)n2ccc3c(OC(F)F)nccc32)CC1. The van der Waals surface area contributed by atoms with Crippen LogP contribution in [0.5, 0.6) is 5.88 Å². The molecule has 12 heteroatoms. The van der Waals surface area contributed by atoms with Crippen LogP contribution in [-0.4, -0.2) is 71.1 Å². The Morgan fingerprint density at radius 2 is 1.83 bits per heavy atom. The van der Waals surface area contributed by atoms with Crippen LogP contribution in [-0.2, 0) is 14.9 Å². The van der Waals surface area contributed by atoms with E-state index in [1.54, 1.807) is 20.8 Å². The van der Waals surface area contributed by atoms with Crippen molar-refractivity contribution in [2.24, 2.45) is 0 Å². The fraction of sp³-hybridized carbons (Fsp3) is 0.529. The summed E-state index contributed by atoms with van der Waals surface area (Å²) in [7, 11) is -3.97. The average molecular weight is 432 g/mol. The van der Waals surface area contributed by atoms with Crippen molar-refractivity contribution in [1.82, 2.24) is 18.2 Å². The van der Waals surface area contributed by atoms with E-state index in [4.69, 9.17) is 4.74 Å². The Balaban J connectivity index is 1.78. The Morgan fingerprint density at radius 1 is 1.17 bits per heavy atom. The number of carbonyl (C=O) groups is 1. The zero-order valence-corrected chi connectivity index (χ0v) is 17.0. The van der Waals surface area contributed by atoms with Crippen molar-refractivity contribution in [3.8, 4) is 5.88 Å². The molecule has 0 spiro atoms. The molecule has 0 bridgehead atoms. The van der Waals surface area contributed by atoms with Gasteiger partial charge in [0.15, 0.2) is 0 Å². The fourth-order valence-corrected chi connectivity index (χ4v) is 4.44. The fourth-order valence-electron chi connectivity index (χ4n) is 2.95. The monoisotopic (exact) mass is 432 g/mol. The minimum atomic E-state index is -3.97. The molecule has 0 N–H and O–H groups in total. The van der Waals surface area contributed by atoms with Gasteiger partial charge in [-0.3, -0.25) is 0 Å². The maximum Gasteiger partial charge on any atom is 0.410 e. The molecule has 2 aromatic heterocycles. The highest BCUT2D eigenvalue weighted by Crippen LogP contribution is 2.27. The van der Waals surface area contributed by atoms with Gasteiger partial charge in [0.2, 0.25) is 5.88 Å². The van der Waals surface area contributed by atoms with Crippen molar-refractivity contribution < 1.29 is 31.5 Å². The van der Waals surface area contributed by atoms with Crippen LogP contribution in [0.1, 0.15) is 20.8 Å². The molecule has 3 rings (SSSR count). The quantitative estimate of drug-likeness (QED) is 0.736. The summed E-state index contributed by atoms with van der Waals surface area (Å²) in [5.74, 6) is -0.346. The lowest BCUT2D eigenvalue weighted by atomic mass is 10.2. The van der Waals surface area contributed by atoms with E-state index in [1.807, 2.05) is 0 Å². The molecule has 160 valence electrons. The maximum atomic E-state index is 13.0. The Morgan fingerprint density at radius 3 is 2.41 bits per heavy atom. The van der Waals surface area contributed by atoms with Gasteiger partial charge >= 0.3 is 22.9 Å². The van der Waals surface area contributed by atoms with Crippen LogP contribution in [0.15, 0.2) is 24.5 Å². The summed E-state index contributed by atoms with van der Waals surface area (Å²) in [5.41, 5.74) is -0.471. The third-order valence-electron chi connectivity index (χ3n) is 4.21. The van der Waals surface area contributed by atoms with Crippen LogP contribution in [0.3, 0.4) is 0 Å². The van der Waals surface area contributed by atoms with Gasteiger partial charge in [-0.1, -0.05) is 0 Å². The van der Waals surface area contributed by atoms with Gasteiger partial charge in [-0.15, -0.1) is 0 Å². The number of hydrogen-bond donors (Lipinski definition) is 0. The molecular formula is C17H22F2N4O5S. The van der Waals surface area contributed by atoms with Gasteiger partial charge in [-0.2, -0.15) is 21.5 Å². The summed E-state index contributed by atoms with van der Waals surface area (Å²) in [6.07, 6.45) is 1.97. The van der Waals surface area contributed by atoms with Gasteiger partial charge in [0.1, 0.15) is 5.60 Å². The normalized spacial score (nSPS) is 16.4. The highest BCUT2D eigenvalue weighted by molar-refractivity contribution is 7.87. The summed E-state index contributed by atoms with van der Waals surface area (Å²) in [4.78, 5) is 17.3. The lowest BCUT2D eigenvalue weighted by Gasteiger charge is -2.35. The van der Waals surface area contributed by atoms with Crippen LogP contribution in [0.25, 0.3) is 10.9 Å². The van der Waals surface area contributed by atoms with Gasteiger partial charge in [0.25, 0.3) is 0 Å². The summed E-state index contributed by atoms with van der Waals surface area (Å²) in [6, 6.07) is 2.76. The number of hydrogen-bond acceptors (Lipinski definition) is 6.